The molecule has 6 heteroatoms. The molecule has 0 bridgehead atoms. The van der Waals surface area contributed by atoms with E-state index in [4.69, 9.17) is 0 Å². The predicted molar refractivity (Wildman–Crippen MR) is 88.3 cm³/mol. The van der Waals surface area contributed by atoms with Gasteiger partial charge < -0.3 is 4.98 Å². The van der Waals surface area contributed by atoms with Crippen molar-refractivity contribution in [3.8, 4) is 0 Å². The summed E-state index contributed by atoms with van der Waals surface area (Å²) in [5, 5.41) is 1.11. The number of aromatic amines is 1. The first kappa shape index (κ1) is 15.4. The highest BCUT2D eigenvalue weighted by atomic mass is 32.1. The number of nitrogens with zero attached hydrogens (tertiary/aromatic N) is 3. The Morgan fingerprint density at radius 2 is 2.14 bits per heavy atom. The molecular formula is C16H22N4OS. The molecule has 1 aliphatic heterocycles. The Labute approximate surface area is 134 Å². The molecule has 0 saturated carbocycles. The zero-order valence-electron chi connectivity index (χ0n) is 13.4. The topological polar surface area (TPSA) is 61.9 Å². The number of fused-ring (bicyclic) bond motifs is 1. The van der Waals surface area contributed by atoms with Crippen molar-refractivity contribution in [2.24, 2.45) is 0 Å². The lowest BCUT2D eigenvalue weighted by molar-refractivity contribution is 0.243. The van der Waals surface area contributed by atoms with Gasteiger partial charge in [0, 0.05) is 37.4 Å². The second-order valence-corrected chi connectivity index (χ2v) is 7.18. The first-order valence-electron chi connectivity index (χ1n) is 7.83. The standard InChI is InChI=1S/C16H22N4OS/c1-4-5-15-18-13-6-7-20(8-12(13)16(21)19-15)9-14-10(2)17-11(3)22-14/h4-9H2,1-3H3,(H,18,19,21). The van der Waals surface area contributed by atoms with Gasteiger partial charge in [-0.05, 0) is 20.3 Å². The van der Waals surface area contributed by atoms with Crippen molar-refractivity contribution in [2.45, 2.75) is 53.1 Å². The molecule has 22 heavy (non-hydrogen) atoms. The van der Waals surface area contributed by atoms with Crippen molar-refractivity contribution in [2.75, 3.05) is 6.54 Å². The van der Waals surface area contributed by atoms with E-state index >= 15 is 0 Å². The van der Waals surface area contributed by atoms with E-state index in [-0.39, 0.29) is 5.56 Å². The molecule has 0 spiro atoms. The van der Waals surface area contributed by atoms with Crippen LogP contribution in [-0.4, -0.2) is 26.4 Å². The predicted octanol–water partition coefficient (Wildman–Crippen LogP) is 2.35. The number of H-pyrrole nitrogens is 1. The lowest BCUT2D eigenvalue weighted by atomic mass is 10.1. The van der Waals surface area contributed by atoms with Gasteiger partial charge in [-0.3, -0.25) is 9.69 Å². The molecule has 0 aliphatic carbocycles. The molecular weight excluding hydrogens is 296 g/mol. The zero-order chi connectivity index (χ0) is 15.7. The molecule has 3 rings (SSSR count). The number of aryl methyl sites for hydroxylation is 3. The van der Waals surface area contributed by atoms with E-state index in [1.54, 1.807) is 11.3 Å². The Morgan fingerprint density at radius 1 is 1.32 bits per heavy atom. The molecule has 0 radical (unpaired) electrons. The summed E-state index contributed by atoms with van der Waals surface area (Å²) in [6, 6.07) is 0. The van der Waals surface area contributed by atoms with Crippen molar-refractivity contribution < 1.29 is 0 Å². The molecule has 0 amide bonds. The minimum absolute atomic E-state index is 0.0374. The minimum atomic E-state index is 0.0374. The molecule has 118 valence electrons. The highest BCUT2D eigenvalue weighted by Gasteiger charge is 2.22. The van der Waals surface area contributed by atoms with Gasteiger partial charge in [-0.25, -0.2) is 9.97 Å². The molecule has 0 atom stereocenters. The van der Waals surface area contributed by atoms with E-state index in [0.717, 1.165) is 60.1 Å². The Bertz CT molecular complexity index is 734. The summed E-state index contributed by atoms with van der Waals surface area (Å²) in [6.07, 6.45) is 2.69. The van der Waals surface area contributed by atoms with Gasteiger partial charge in [-0.1, -0.05) is 6.92 Å². The summed E-state index contributed by atoms with van der Waals surface area (Å²) < 4.78 is 0. The van der Waals surface area contributed by atoms with Gasteiger partial charge in [0.1, 0.15) is 5.82 Å². The maximum Gasteiger partial charge on any atom is 0.255 e. The third-order valence-corrected chi connectivity index (χ3v) is 5.11. The van der Waals surface area contributed by atoms with Gasteiger partial charge in [0.25, 0.3) is 5.56 Å². The summed E-state index contributed by atoms with van der Waals surface area (Å²) in [5.74, 6) is 0.827. The van der Waals surface area contributed by atoms with Gasteiger partial charge in [0.2, 0.25) is 0 Å². The Balaban J connectivity index is 1.79. The number of aromatic nitrogens is 3. The van der Waals surface area contributed by atoms with E-state index in [1.807, 2.05) is 6.92 Å². The van der Waals surface area contributed by atoms with Gasteiger partial charge in [-0.15, -0.1) is 11.3 Å². The summed E-state index contributed by atoms with van der Waals surface area (Å²) in [7, 11) is 0. The smallest absolute Gasteiger partial charge is 0.255 e. The maximum atomic E-state index is 12.3. The summed E-state index contributed by atoms with van der Waals surface area (Å²) in [5.41, 5.74) is 2.97. The highest BCUT2D eigenvalue weighted by molar-refractivity contribution is 7.11. The SMILES string of the molecule is CCCc1nc2c(c(=O)[nH]1)CN(Cc1sc(C)nc1C)CC2. The zero-order valence-corrected chi connectivity index (χ0v) is 14.2. The lowest BCUT2D eigenvalue weighted by Gasteiger charge is -2.27. The average molecular weight is 318 g/mol. The van der Waals surface area contributed by atoms with Crippen LogP contribution < -0.4 is 5.56 Å². The highest BCUT2D eigenvalue weighted by Crippen LogP contribution is 2.22. The molecule has 2 aromatic rings. The molecule has 0 unspecified atom stereocenters. The number of thiazole rings is 1. The fourth-order valence-corrected chi connectivity index (χ4v) is 3.93. The van der Waals surface area contributed by atoms with Gasteiger partial charge in [0.15, 0.2) is 0 Å². The van der Waals surface area contributed by atoms with Crippen LogP contribution in [0.4, 0.5) is 0 Å². The van der Waals surface area contributed by atoms with Crippen LogP contribution >= 0.6 is 11.3 Å². The second kappa shape index (κ2) is 6.30. The van der Waals surface area contributed by atoms with Crippen molar-refractivity contribution >= 4 is 11.3 Å². The van der Waals surface area contributed by atoms with Crippen molar-refractivity contribution in [3.05, 3.63) is 43.0 Å². The molecule has 0 fully saturated rings. The van der Waals surface area contributed by atoms with Crippen LogP contribution in [-0.2, 0) is 25.9 Å². The maximum absolute atomic E-state index is 12.3. The number of hydrogen-bond donors (Lipinski definition) is 1. The largest absolute Gasteiger partial charge is 0.310 e. The third kappa shape index (κ3) is 3.13. The first-order valence-corrected chi connectivity index (χ1v) is 8.64. The fraction of sp³-hybridized carbons (Fsp3) is 0.562. The first-order chi connectivity index (χ1) is 10.6. The van der Waals surface area contributed by atoms with E-state index in [9.17, 15) is 4.79 Å². The fourth-order valence-electron chi connectivity index (χ4n) is 2.95. The van der Waals surface area contributed by atoms with Crippen LogP contribution in [0.3, 0.4) is 0 Å². The van der Waals surface area contributed by atoms with Crippen molar-refractivity contribution in [1.82, 2.24) is 19.9 Å². The van der Waals surface area contributed by atoms with Crippen LogP contribution in [0.15, 0.2) is 4.79 Å². The number of rotatable bonds is 4. The van der Waals surface area contributed by atoms with Crippen LogP contribution in [0.2, 0.25) is 0 Å². The van der Waals surface area contributed by atoms with Crippen molar-refractivity contribution in [3.63, 3.8) is 0 Å². The summed E-state index contributed by atoms with van der Waals surface area (Å²) in [6.45, 7) is 8.69. The molecule has 2 aromatic heterocycles. The Hall–Kier alpha value is -1.53. The van der Waals surface area contributed by atoms with Gasteiger partial charge in [-0.2, -0.15) is 0 Å². The van der Waals surface area contributed by atoms with Crippen LogP contribution in [0.1, 0.15) is 46.0 Å². The normalized spacial score (nSPS) is 15.0. The molecule has 5 nitrogen and oxygen atoms in total. The lowest BCUT2D eigenvalue weighted by Crippen LogP contribution is -2.35. The number of nitrogens with one attached hydrogen (secondary N) is 1. The second-order valence-electron chi connectivity index (χ2n) is 5.89. The van der Waals surface area contributed by atoms with E-state index < -0.39 is 0 Å². The molecule has 0 aromatic carbocycles. The van der Waals surface area contributed by atoms with Crippen molar-refractivity contribution in [1.29, 1.82) is 0 Å². The third-order valence-electron chi connectivity index (χ3n) is 4.05. The quantitative estimate of drug-likeness (QED) is 0.940. The minimum Gasteiger partial charge on any atom is -0.310 e. The average Bonchev–Trinajstić information content (AvgIpc) is 2.78. The van der Waals surface area contributed by atoms with E-state index in [0.29, 0.717) is 6.54 Å². The van der Waals surface area contributed by atoms with Crippen LogP contribution in [0.5, 0.6) is 0 Å². The Kier molecular flexibility index (Phi) is 4.40. The van der Waals surface area contributed by atoms with Gasteiger partial charge >= 0.3 is 0 Å². The monoisotopic (exact) mass is 318 g/mol. The molecule has 3 heterocycles. The number of hydrogen-bond acceptors (Lipinski definition) is 5. The van der Waals surface area contributed by atoms with Crippen LogP contribution in [0, 0.1) is 13.8 Å². The van der Waals surface area contributed by atoms with Gasteiger partial charge in [0.05, 0.1) is 22.0 Å². The summed E-state index contributed by atoms with van der Waals surface area (Å²) >= 11 is 1.75. The van der Waals surface area contributed by atoms with Crippen LogP contribution in [0.25, 0.3) is 0 Å². The molecule has 0 saturated heterocycles. The summed E-state index contributed by atoms with van der Waals surface area (Å²) in [4.78, 5) is 28.0. The van der Waals surface area contributed by atoms with E-state index in [2.05, 4.69) is 33.7 Å². The molecule has 1 aliphatic rings. The molecule has 1 N–H and O–H groups in total. The van der Waals surface area contributed by atoms with E-state index in [1.165, 1.54) is 4.88 Å². The Morgan fingerprint density at radius 3 is 2.82 bits per heavy atom.